The number of nitrogens with zero attached hydrogens (tertiary/aromatic N) is 3. The number of amides is 1. The van der Waals surface area contributed by atoms with Gasteiger partial charge in [-0.05, 0) is 87.7 Å². The molecule has 0 saturated carbocycles. The quantitative estimate of drug-likeness (QED) is 0.377. The van der Waals surface area contributed by atoms with Crippen LogP contribution in [-0.2, 0) is 26.1 Å². The summed E-state index contributed by atoms with van der Waals surface area (Å²) >= 11 is 0. The molecule has 1 fully saturated rings. The van der Waals surface area contributed by atoms with Crippen LogP contribution in [0.25, 0.3) is 0 Å². The highest BCUT2D eigenvalue weighted by Gasteiger charge is 2.25. The molecule has 1 aliphatic heterocycles. The Morgan fingerprint density at radius 2 is 1.67 bits per heavy atom. The summed E-state index contributed by atoms with van der Waals surface area (Å²) in [6.07, 6.45) is 2.41. The number of piperidine rings is 1. The predicted molar refractivity (Wildman–Crippen MR) is 155 cm³/mol. The average molecular weight is 561 g/mol. The number of methoxy groups -OCH3 is 1. The first-order chi connectivity index (χ1) is 18.5. The van der Waals surface area contributed by atoms with Crippen LogP contribution in [0, 0.1) is 19.8 Å². The molecule has 10 heteroatoms. The molecular weight excluding hydrogens is 516 g/mol. The number of anilines is 1. The Morgan fingerprint density at radius 3 is 2.23 bits per heavy atom. The lowest BCUT2D eigenvalue weighted by atomic mass is 9.96. The Balaban J connectivity index is 1.38. The van der Waals surface area contributed by atoms with Gasteiger partial charge < -0.3 is 24.6 Å². The van der Waals surface area contributed by atoms with Gasteiger partial charge in [0.25, 0.3) is 0 Å². The van der Waals surface area contributed by atoms with E-state index < -0.39 is 10.0 Å². The monoisotopic (exact) mass is 560 g/mol. The van der Waals surface area contributed by atoms with Crippen molar-refractivity contribution in [2.24, 2.45) is 5.92 Å². The van der Waals surface area contributed by atoms with Crippen molar-refractivity contribution < 1.29 is 22.7 Å². The van der Waals surface area contributed by atoms with Gasteiger partial charge in [-0.1, -0.05) is 12.1 Å². The highest BCUT2D eigenvalue weighted by Crippen LogP contribution is 2.28. The maximum absolute atomic E-state index is 13.1. The van der Waals surface area contributed by atoms with Crippen LogP contribution in [0.2, 0.25) is 0 Å². The molecular formula is C29H44N4O5S. The van der Waals surface area contributed by atoms with Crippen molar-refractivity contribution in [1.82, 2.24) is 14.5 Å². The number of nitrogens with one attached hydrogen (secondary N) is 1. The van der Waals surface area contributed by atoms with E-state index in [0.29, 0.717) is 23.4 Å². The van der Waals surface area contributed by atoms with Crippen LogP contribution >= 0.6 is 0 Å². The lowest BCUT2D eigenvalue weighted by Crippen LogP contribution is -2.37. The van der Waals surface area contributed by atoms with E-state index in [2.05, 4.69) is 41.3 Å². The molecule has 0 aromatic heterocycles. The second-order valence-corrected chi connectivity index (χ2v) is 12.6. The highest BCUT2D eigenvalue weighted by molar-refractivity contribution is 7.89. The first-order valence-corrected chi connectivity index (χ1v) is 14.9. The third-order valence-electron chi connectivity index (χ3n) is 7.15. The van der Waals surface area contributed by atoms with E-state index in [4.69, 9.17) is 9.47 Å². The molecule has 2 aromatic rings. The summed E-state index contributed by atoms with van der Waals surface area (Å²) in [6.45, 7) is 7.32. The Bertz CT molecular complexity index is 1170. The molecule has 1 aliphatic rings. The van der Waals surface area contributed by atoms with Crippen LogP contribution in [-0.4, -0.2) is 91.2 Å². The van der Waals surface area contributed by atoms with E-state index in [-0.39, 0.29) is 30.6 Å². The normalized spacial score (nSPS) is 14.7. The topological polar surface area (TPSA) is 91.4 Å². The fourth-order valence-corrected chi connectivity index (χ4v) is 6.59. The van der Waals surface area contributed by atoms with Gasteiger partial charge in [0.15, 0.2) is 0 Å². The minimum Gasteiger partial charge on any atom is -0.497 e. The minimum atomic E-state index is -3.70. The molecule has 0 spiro atoms. The summed E-state index contributed by atoms with van der Waals surface area (Å²) in [6, 6.07) is 11.7. The lowest BCUT2D eigenvalue weighted by molar-refractivity contribution is -0.125. The zero-order valence-electron chi connectivity index (χ0n) is 24.2. The molecule has 2 aromatic carbocycles. The molecule has 216 valence electrons. The number of likely N-dealkylation sites (N-methyl/N-ethyl adjacent to an activating group) is 1. The number of carbonyl (C=O) groups excluding carboxylic acids is 1. The van der Waals surface area contributed by atoms with Gasteiger partial charge in [0.2, 0.25) is 15.9 Å². The molecule has 3 rings (SSSR count). The van der Waals surface area contributed by atoms with Crippen molar-refractivity contribution in [3.05, 3.63) is 53.1 Å². The summed E-state index contributed by atoms with van der Waals surface area (Å²) in [5, 5.41) is 2.87. The molecule has 1 heterocycles. The summed E-state index contributed by atoms with van der Waals surface area (Å²) < 4.78 is 38.1. The average Bonchev–Trinajstić information content (AvgIpc) is 2.89. The fraction of sp³-hybridized carbons (Fsp3) is 0.552. The van der Waals surface area contributed by atoms with E-state index in [9.17, 15) is 13.2 Å². The predicted octanol–water partition coefficient (Wildman–Crippen LogP) is 3.04. The Hall–Kier alpha value is -2.66. The van der Waals surface area contributed by atoms with Crippen molar-refractivity contribution in [3.63, 3.8) is 0 Å². The first kappa shape index (κ1) is 30.9. The van der Waals surface area contributed by atoms with E-state index in [0.717, 1.165) is 31.1 Å². The summed E-state index contributed by atoms with van der Waals surface area (Å²) in [5.74, 6) is 1.14. The number of hydrogen-bond acceptors (Lipinski definition) is 7. The smallest absolute Gasteiger partial charge is 0.246 e. The van der Waals surface area contributed by atoms with Crippen molar-refractivity contribution >= 4 is 21.6 Å². The standard InChI is InChI=1S/C29H44N4O5S/c1-22-17-27(37-6)18-23(2)29(22)39(35,36)32(5)15-16-38-21-28(34)30-19-24-7-9-26(10-8-24)33-13-11-25(12-14-33)20-31(3)4/h7-10,17-18,25H,11-16,19-21H2,1-6H3,(H,30,34). The number of hydrogen-bond donors (Lipinski definition) is 1. The number of aryl methyl sites for hydroxylation is 2. The molecule has 0 atom stereocenters. The van der Waals surface area contributed by atoms with E-state index in [1.807, 2.05) is 12.1 Å². The first-order valence-electron chi connectivity index (χ1n) is 13.5. The number of carbonyl (C=O) groups is 1. The van der Waals surface area contributed by atoms with Gasteiger partial charge in [0, 0.05) is 45.5 Å². The molecule has 1 N–H and O–H groups in total. The molecule has 0 unspecified atom stereocenters. The van der Waals surface area contributed by atoms with Crippen LogP contribution in [0.1, 0.15) is 29.5 Å². The zero-order chi connectivity index (χ0) is 28.6. The zero-order valence-corrected chi connectivity index (χ0v) is 25.0. The van der Waals surface area contributed by atoms with Gasteiger partial charge in [-0.3, -0.25) is 4.79 Å². The maximum atomic E-state index is 13.1. The lowest BCUT2D eigenvalue weighted by Gasteiger charge is -2.34. The van der Waals surface area contributed by atoms with Gasteiger partial charge >= 0.3 is 0 Å². The van der Waals surface area contributed by atoms with Gasteiger partial charge in [-0.15, -0.1) is 0 Å². The van der Waals surface area contributed by atoms with E-state index in [1.54, 1.807) is 33.1 Å². The minimum absolute atomic E-state index is 0.108. The molecule has 9 nitrogen and oxygen atoms in total. The summed E-state index contributed by atoms with van der Waals surface area (Å²) in [5.41, 5.74) is 3.48. The van der Waals surface area contributed by atoms with Gasteiger partial charge in [0.05, 0.1) is 18.6 Å². The molecule has 0 bridgehead atoms. The third kappa shape index (κ3) is 8.66. The number of rotatable bonds is 13. The Morgan fingerprint density at radius 1 is 1.05 bits per heavy atom. The van der Waals surface area contributed by atoms with E-state index in [1.165, 1.54) is 29.9 Å². The van der Waals surface area contributed by atoms with Crippen LogP contribution in [0.5, 0.6) is 5.75 Å². The van der Waals surface area contributed by atoms with E-state index >= 15 is 0 Å². The molecule has 39 heavy (non-hydrogen) atoms. The fourth-order valence-electron chi connectivity index (χ4n) is 5.04. The highest BCUT2D eigenvalue weighted by atomic mass is 32.2. The van der Waals surface area contributed by atoms with Crippen molar-refractivity contribution in [3.8, 4) is 5.75 Å². The number of benzene rings is 2. The van der Waals surface area contributed by atoms with Crippen molar-refractivity contribution in [2.45, 2.75) is 38.1 Å². The third-order valence-corrected chi connectivity index (χ3v) is 9.31. The number of ether oxygens (including phenoxy) is 2. The maximum Gasteiger partial charge on any atom is 0.246 e. The van der Waals surface area contributed by atoms with Crippen LogP contribution in [0.3, 0.4) is 0 Å². The van der Waals surface area contributed by atoms with Crippen LogP contribution in [0.15, 0.2) is 41.3 Å². The van der Waals surface area contributed by atoms with Crippen molar-refractivity contribution in [1.29, 1.82) is 0 Å². The largest absolute Gasteiger partial charge is 0.497 e. The Kier molecular flexibility index (Phi) is 11.2. The Labute approximate surface area is 234 Å². The SMILES string of the molecule is COc1cc(C)c(S(=O)(=O)N(C)CCOCC(=O)NCc2ccc(N3CCC(CN(C)C)CC3)cc2)c(C)c1. The second-order valence-electron chi connectivity index (χ2n) is 10.6. The van der Waals surface area contributed by atoms with Gasteiger partial charge in [0.1, 0.15) is 12.4 Å². The van der Waals surface area contributed by atoms with Crippen LogP contribution < -0.4 is 15.0 Å². The molecule has 1 saturated heterocycles. The summed E-state index contributed by atoms with van der Waals surface area (Å²) in [4.78, 5) is 17.2. The summed E-state index contributed by atoms with van der Waals surface area (Å²) in [7, 11) is 3.63. The number of sulfonamides is 1. The molecule has 0 radical (unpaired) electrons. The van der Waals surface area contributed by atoms with Crippen LogP contribution in [0.4, 0.5) is 5.69 Å². The van der Waals surface area contributed by atoms with Gasteiger partial charge in [-0.25, -0.2) is 8.42 Å². The molecule has 0 aliphatic carbocycles. The van der Waals surface area contributed by atoms with Gasteiger partial charge in [-0.2, -0.15) is 4.31 Å². The van der Waals surface area contributed by atoms with Crippen molar-refractivity contribution in [2.75, 3.05) is 72.5 Å². The molecule has 1 amide bonds. The second kappa shape index (κ2) is 14.1.